The van der Waals surface area contributed by atoms with E-state index in [0.29, 0.717) is 13.2 Å². The van der Waals surface area contributed by atoms with Crippen LogP contribution in [0.2, 0.25) is 0 Å². The van der Waals surface area contributed by atoms with Crippen LogP contribution in [0.4, 0.5) is 11.4 Å². The van der Waals surface area contributed by atoms with Gasteiger partial charge in [0.05, 0.1) is 12.5 Å². The van der Waals surface area contributed by atoms with E-state index >= 15 is 0 Å². The molecule has 0 aliphatic carbocycles. The minimum absolute atomic E-state index is 0.0109. The van der Waals surface area contributed by atoms with Crippen molar-refractivity contribution in [2.24, 2.45) is 5.92 Å². The Morgan fingerprint density at radius 3 is 2.55 bits per heavy atom. The molecule has 1 atom stereocenters. The average Bonchev–Trinajstić information content (AvgIpc) is 3.03. The van der Waals surface area contributed by atoms with Crippen molar-refractivity contribution in [1.29, 1.82) is 0 Å². The number of carbonyl (C=O) groups is 1. The molecule has 0 aromatic heterocycles. The lowest BCUT2D eigenvalue weighted by atomic mass is 10.1. The standard InChI is InChI=1S/C16H22N2O2/c19-16(13-8-11-20-12-13)17-14-4-6-15(7-5-14)18-9-2-1-3-10-18/h4-7,13H,1-3,8-12H2,(H,17,19). The summed E-state index contributed by atoms with van der Waals surface area (Å²) in [5, 5.41) is 2.98. The summed E-state index contributed by atoms with van der Waals surface area (Å²) < 4.78 is 5.25. The zero-order valence-electron chi connectivity index (χ0n) is 11.8. The number of ether oxygens (including phenoxy) is 1. The maximum Gasteiger partial charge on any atom is 0.229 e. The monoisotopic (exact) mass is 274 g/mol. The van der Waals surface area contributed by atoms with Crippen LogP contribution in [0.3, 0.4) is 0 Å². The summed E-state index contributed by atoms with van der Waals surface area (Å²) in [5.74, 6) is 0.0880. The molecular formula is C16H22N2O2. The van der Waals surface area contributed by atoms with Gasteiger partial charge in [0.2, 0.25) is 5.91 Å². The van der Waals surface area contributed by atoms with Gasteiger partial charge in [-0.1, -0.05) is 0 Å². The summed E-state index contributed by atoms with van der Waals surface area (Å²) in [6, 6.07) is 8.20. The molecule has 1 amide bonds. The van der Waals surface area contributed by atoms with Crippen LogP contribution < -0.4 is 10.2 Å². The van der Waals surface area contributed by atoms with E-state index in [2.05, 4.69) is 22.3 Å². The third-order valence-electron chi connectivity index (χ3n) is 4.16. The third-order valence-corrected chi connectivity index (χ3v) is 4.16. The fourth-order valence-electron chi connectivity index (χ4n) is 2.89. The molecule has 1 N–H and O–H groups in total. The minimum Gasteiger partial charge on any atom is -0.381 e. The Kier molecular flexibility index (Phi) is 4.21. The molecule has 0 bridgehead atoms. The van der Waals surface area contributed by atoms with Crippen molar-refractivity contribution in [3.8, 4) is 0 Å². The molecule has 2 heterocycles. The second kappa shape index (κ2) is 6.27. The molecule has 2 fully saturated rings. The van der Waals surface area contributed by atoms with Crippen molar-refractivity contribution in [2.75, 3.05) is 36.5 Å². The number of amides is 1. The van der Waals surface area contributed by atoms with Crippen molar-refractivity contribution in [3.63, 3.8) is 0 Å². The molecular weight excluding hydrogens is 252 g/mol. The van der Waals surface area contributed by atoms with Crippen LogP contribution in [0.1, 0.15) is 25.7 Å². The Hall–Kier alpha value is -1.55. The highest BCUT2D eigenvalue weighted by Crippen LogP contribution is 2.22. The van der Waals surface area contributed by atoms with Crippen molar-refractivity contribution >= 4 is 17.3 Å². The molecule has 108 valence electrons. The van der Waals surface area contributed by atoms with E-state index in [9.17, 15) is 4.79 Å². The Labute approximate surface area is 120 Å². The van der Waals surface area contributed by atoms with Gasteiger partial charge in [0, 0.05) is 31.1 Å². The zero-order chi connectivity index (χ0) is 13.8. The van der Waals surface area contributed by atoms with Gasteiger partial charge in [-0.25, -0.2) is 0 Å². The molecule has 20 heavy (non-hydrogen) atoms. The van der Waals surface area contributed by atoms with Crippen LogP contribution in [0.15, 0.2) is 24.3 Å². The van der Waals surface area contributed by atoms with Gasteiger partial charge in [-0.05, 0) is 49.9 Å². The van der Waals surface area contributed by atoms with Crippen LogP contribution in [0.5, 0.6) is 0 Å². The quantitative estimate of drug-likeness (QED) is 0.921. The third kappa shape index (κ3) is 3.12. The van der Waals surface area contributed by atoms with Gasteiger partial charge in [0.15, 0.2) is 0 Å². The van der Waals surface area contributed by atoms with Gasteiger partial charge in [-0.15, -0.1) is 0 Å². The number of hydrogen-bond donors (Lipinski definition) is 1. The SMILES string of the molecule is O=C(Nc1ccc(N2CCCCC2)cc1)C1CCOC1. The number of rotatable bonds is 3. The van der Waals surface area contributed by atoms with E-state index < -0.39 is 0 Å². The summed E-state index contributed by atoms with van der Waals surface area (Å²) in [5.41, 5.74) is 2.13. The number of nitrogens with one attached hydrogen (secondary N) is 1. The van der Waals surface area contributed by atoms with Gasteiger partial charge in [-0.3, -0.25) is 4.79 Å². The van der Waals surface area contributed by atoms with Gasteiger partial charge < -0.3 is 15.0 Å². The normalized spacial score (nSPS) is 22.8. The van der Waals surface area contributed by atoms with Crippen LogP contribution in [0.25, 0.3) is 0 Å². The zero-order valence-corrected chi connectivity index (χ0v) is 11.8. The number of benzene rings is 1. The predicted octanol–water partition coefficient (Wildman–Crippen LogP) is 2.65. The van der Waals surface area contributed by atoms with Crippen LogP contribution in [-0.4, -0.2) is 32.2 Å². The first-order valence-electron chi connectivity index (χ1n) is 7.56. The Balaban J connectivity index is 1.59. The molecule has 3 rings (SSSR count). The Morgan fingerprint density at radius 2 is 1.90 bits per heavy atom. The second-order valence-corrected chi connectivity index (χ2v) is 5.64. The molecule has 2 aliphatic heterocycles. The molecule has 2 aliphatic rings. The van der Waals surface area contributed by atoms with Crippen LogP contribution in [0, 0.1) is 5.92 Å². The number of hydrogen-bond acceptors (Lipinski definition) is 3. The fourth-order valence-corrected chi connectivity index (χ4v) is 2.89. The maximum atomic E-state index is 12.0. The van der Waals surface area contributed by atoms with E-state index in [1.807, 2.05) is 12.1 Å². The molecule has 0 radical (unpaired) electrons. The van der Waals surface area contributed by atoms with Gasteiger partial charge in [0.1, 0.15) is 0 Å². The summed E-state index contributed by atoms with van der Waals surface area (Å²) >= 11 is 0. The minimum atomic E-state index is 0.0109. The van der Waals surface area contributed by atoms with Crippen LogP contribution >= 0.6 is 0 Å². The van der Waals surface area contributed by atoms with Crippen molar-refractivity contribution in [3.05, 3.63) is 24.3 Å². The highest BCUT2D eigenvalue weighted by atomic mass is 16.5. The molecule has 1 aromatic rings. The predicted molar refractivity (Wildman–Crippen MR) is 80.1 cm³/mol. The van der Waals surface area contributed by atoms with Gasteiger partial charge in [0.25, 0.3) is 0 Å². The highest BCUT2D eigenvalue weighted by molar-refractivity contribution is 5.92. The largest absolute Gasteiger partial charge is 0.381 e. The summed E-state index contributed by atoms with van der Waals surface area (Å²) in [6.07, 6.45) is 4.73. The van der Waals surface area contributed by atoms with Crippen molar-refractivity contribution < 1.29 is 9.53 Å². The smallest absolute Gasteiger partial charge is 0.229 e. The molecule has 0 spiro atoms. The number of carbonyl (C=O) groups excluding carboxylic acids is 1. The average molecular weight is 274 g/mol. The first kappa shape index (κ1) is 13.4. The van der Waals surface area contributed by atoms with E-state index in [0.717, 1.165) is 25.2 Å². The van der Waals surface area contributed by atoms with Gasteiger partial charge >= 0.3 is 0 Å². The Bertz CT molecular complexity index is 446. The molecule has 1 unspecified atom stereocenters. The molecule has 4 heteroatoms. The number of anilines is 2. The number of piperidine rings is 1. The second-order valence-electron chi connectivity index (χ2n) is 5.64. The molecule has 0 saturated carbocycles. The maximum absolute atomic E-state index is 12.0. The van der Waals surface area contributed by atoms with E-state index in [1.54, 1.807) is 0 Å². The van der Waals surface area contributed by atoms with Gasteiger partial charge in [-0.2, -0.15) is 0 Å². The fraction of sp³-hybridized carbons (Fsp3) is 0.562. The highest BCUT2D eigenvalue weighted by Gasteiger charge is 2.23. The molecule has 1 aromatic carbocycles. The van der Waals surface area contributed by atoms with E-state index in [1.165, 1.54) is 24.9 Å². The summed E-state index contributed by atoms with van der Waals surface area (Å²) in [4.78, 5) is 14.4. The number of nitrogens with zero attached hydrogens (tertiary/aromatic N) is 1. The van der Waals surface area contributed by atoms with Crippen molar-refractivity contribution in [1.82, 2.24) is 0 Å². The Morgan fingerprint density at radius 1 is 1.15 bits per heavy atom. The first-order valence-corrected chi connectivity index (χ1v) is 7.56. The van der Waals surface area contributed by atoms with Crippen LogP contribution in [-0.2, 0) is 9.53 Å². The topological polar surface area (TPSA) is 41.6 Å². The first-order chi connectivity index (χ1) is 9.83. The molecule has 2 saturated heterocycles. The molecule has 4 nitrogen and oxygen atoms in total. The summed E-state index contributed by atoms with van der Waals surface area (Å²) in [6.45, 7) is 3.54. The van der Waals surface area contributed by atoms with Crippen molar-refractivity contribution in [2.45, 2.75) is 25.7 Å². The summed E-state index contributed by atoms with van der Waals surface area (Å²) in [7, 11) is 0. The lowest BCUT2D eigenvalue weighted by Gasteiger charge is -2.28. The van der Waals surface area contributed by atoms with E-state index in [-0.39, 0.29) is 11.8 Å². The van der Waals surface area contributed by atoms with E-state index in [4.69, 9.17) is 4.74 Å². The lowest BCUT2D eigenvalue weighted by Crippen LogP contribution is -2.29. The lowest BCUT2D eigenvalue weighted by molar-refractivity contribution is -0.119.